The molecule has 1 heterocycles. The molecule has 1 amide bonds. The van der Waals surface area contributed by atoms with Crippen molar-refractivity contribution in [1.29, 1.82) is 0 Å². The zero-order valence-corrected chi connectivity index (χ0v) is 14.3. The van der Waals surface area contributed by atoms with Gasteiger partial charge in [-0.2, -0.15) is 0 Å². The van der Waals surface area contributed by atoms with Crippen molar-refractivity contribution in [3.8, 4) is 17.2 Å². The van der Waals surface area contributed by atoms with Gasteiger partial charge in [0.25, 0.3) is 5.91 Å². The van der Waals surface area contributed by atoms with Crippen molar-refractivity contribution in [1.82, 2.24) is 0 Å². The molecule has 0 saturated carbocycles. The second kappa shape index (κ2) is 7.77. The van der Waals surface area contributed by atoms with Crippen LogP contribution in [0.15, 0.2) is 42.5 Å². The number of carbonyl (C=O) groups is 2. The number of benzene rings is 2. The summed E-state index contributed by atoms with van der Waals surface area (Å²) in [5.41, 5.74) is 1.14. The molecule has 1 aliphatic rings. The van der Waals surface area contributed by atoms with Gasteiger partial charge in [-0.1, -0.05) is 12.1 Å². The van der Waals surface area contributed by atoms with Crippen LogP contribution in [-0.4, -0.2) is 43.3 Å². The SMILES string of the molecule is CCOc1cc(C(=O)N2CCOc3ccccc32)ccc1OCC(=O)O. The monoisotopic (exact) mass is 357 g/mol. The third-order valence-electron chi connectivity index (χ3n) is 3.82. The lowest BCUT2D eigenvalue weighted by Crippen LogP contribution is -2.37. The molecule has 26 heavy (non-hydrogen) atoms. The van der Waals surface area contributed by atoms with Gasteiger partial charge >= 0.3 is 5.97 Å². The van der Waals surface area contributed by atoms with Crippen molar-refractivity contribution in [2.45, 2.75) is 6.92 Å². The molecule has 0 saturated heterocycles. The molecule has 7 heteroatoms. The van der Waals surface area contributed by atoms with E-state index in [2.05, 4.69) is 0 Å². The first-order chi connectivity index (χ1) is 12.6. The highest BCUT2D eigenvalue weighted by Gasteiger charge is 2.25. The van der Waals surface area contributed by atoms with Crippen molar-refractivity contribution >= 4 is 17.6 Å². The molecule has 0 aromatic heterocycles. The lowest BCUT2D eigenvalue weighted by molar-refractivity contribution is -0.139. The Morgan fingerprint density at radius 3 is 2.73 bits per heavy atom. The van der Waals surface area contributed by atoms with Gasteiger partial charge in [0.05, 0.1) is 18.8 Å². The van der Waals surface area contributed by atoms with Crippen LogP contribution in [0, 0.1) is 0 Å². The molecule has 3 rings (SSSR count). The molecule has 0 fully saturated rings. The second-order valence-electron chi connectivity index (χ2n) is 5.55. The number of hydrogen-bond donors (Lipinski definition) is 1. The number of amides is 1. The van der Waals surface area contributed by atoms with E-state index in [0.717, 1.165) is 0 Å². The van der Waals surface area contributed by atoms with Crippen LogP contribution < -0.4 is 19.1 Å². The van der Waals surface area contributed by atoms with Crippen LogP contribution in [0.25, 0.3) is 0 Å². The van der Waals surface area contributed by atoms with E-state index >= 15 is 0 Å². The van der Waals surface area contributed by atoms with Gasteiger partial charge in [-0.05, 0) is 37.3 Å². The smallest absolute Gasteiger partial charge is 0.341 e. The molecule has 1 N–H and O–H groups in total. The number of hydrogen-bond acceptors (Lipinski definition) is 5. The molecule has 1 aliphatic heterocycles. The highest BCUT2D eigenvalue weighted by Crippen LogP contribution is 2.34. The van der Waals surface area contributed by atoms with E-state index in [1.54, 1.807) is 30.0 Å². The average molecular weight is 357 g/mol. The van der Waals surface area contributed by atoms with Crippen LogP contribution in [0.3, 0.4) is 0 Å². The lowest BCUT2D eigenvalue weighted by atomic mass is 10.1. The summed E-state index contributed by atoms with van der Waals surface area (Å²) in [5, 5.41) is 8.76. The number of ether oxygens (including phenoxy) is 3. The lowest BCUT2D eigenvalue weighted by Gasteiger charge is -2.29. The Hall–Kier alpha value is -3.22. The first-order valence-corrected chi connectivity index (χ1v) is 8.25. The first-order valence-electron chi connectivity index (χ1n) is 8.25. The van der Waals surface area contributed by atoms with E-state index in [4.69, 9.17) is 19.3 Å². The molecule has 2 aromatic rings. The Kier molecular flexibility index (Phi) is 5.26. The maximum Gasteiger partial charge on any atom is 0.341 e. The fourth-order valence-corrected chi connectivity index (χ4v) is 2.70. The van der Waals surface area contributed by atoms with E-state index in [9.17, 15) is 9.59 Å². The summed E-state index contributed by atoms with van der Waals surface area (Å²) >= 11 is 0. The zero-order valence-electron chi connectivity index (χ0n) is 14.3. The summed E-state index contributed by atoms with van der Waals surface area (Å²) in [4.78, 5) is 25.3. The van der Waals surface area contributed by atoms with Crippen LogP contribution in [0.4, 0.5) is 5.69 Å². The highest BCUT2D eigenvalue weighted by molar-refractivity contribution is 6.07. The third-order valence-corrected chi connectivity index (χ3v) is 3.82. The molecule has 2 aromatic carbocycles. The van der Waals surface area contributed by atoms with Gasteiger partial charge < -0.3 is 24.2 Å². The van der Waals surface area contributed by atoms with Gasteiger partial charge in [-0.25, -0.2) is 4.79 Å². The molecule has 136 valence electrons. The molecule has 0 radical (unpaired) electrons. The molecule has 0 spiro atoms. The molecule has 0 unspecified atom stereocenters. The predicted molar refractivity (Wildman–Crippen MR) is 94.4 cm³/mol. The Morgan fingerprint density at radius 2 is 1.96 bits per heavy atom. The molecular formula is C19H19NO6. The fourth-order valence-electron chi connectivity index (χ4n) is 2.70. The van der Waals surface area contributed by atoms with Crippen molar-refractivity contribution in [2.24, 2.45) is 0 Å². The van der Waals surface area contributed by atoms with Gasteiger partial charge in [0.2, 0.25) is 0 Å². The summed E-state index contributed by atoms with van der Waals surface area (Å²) in [6.07, 6.45) is 0. The summed E-state index contributed by atoms with van der Waals surface area (Å²) in [5.74, 6) is 0.0110. The summed E-state index contributed by atoms with van der Waals surface area (Å²) in [6.45, 7) is 2.54. The number of anilines is 1. The quantitative estimate of drug-likeness (QED) is 0.855. The van der Waals surface area contributed by atoms with Crippen molar-refractivity contribution in [3.63, 3.8) is 0 Å². The van der Waals surface area contributed by atoms with Crippen molar-refractivity contribution < 1.29 is 28.9 Å². The number of nitrogens with zero attached hydrogens (tertiary/aromatic N) is 1. The van der Waals surface area contributed by atoms with Gasteiger partial charge in [0, 0.05) is 5.56 Å². The standard InChI is InChI=1S/C19H19NO6/c1-2-24-17-11-13(7-8-16(17)26-12-18(21)22)19(23)20-9-10-25-15-6-4-3-5-14(15)20/h3-8,11H,2,9-10,12H2,1H3,(H,21,22). The van der Waals surface area contributed by atoms with Gasteiger partial charge in [0.15, 0.2) is 18.1 Å². The number of aliphatic carboxylic acids is 1. The third kappa shape index (κ3) is 3.72. The first kappa shape index (κ1) is 17.6. The molecular weight excluding hydrogens is 338 g/mol. The van der Waals surface area contributed by atoms with Gasteiger partial charge in [-0.15, -0.1) is 0 Å². The topological polar surface area (TPSA) is 85.3 Å². The van der Waals surface area contributed by atoms with Crippen molar-refractivity contribution in [2.75, 3.05) is 31.3 Å². The normalized spacial score (nSPS) is 12.7. The van der Waals surface area contributed by atoms with E-state index in [1.165, 1.54) is 0 Å². The van der Waals surface area contributed by atoms with Crippen LogP contribution in [-0.2, 0) is 4.79 Å². The number of carboxylic acids is 1. The molecule has 0 aliphatic carbocycles. The number of fused-ring (bicyclic) bond motifs is 1. The summed E-state index contributed by atoms with van der Waals surface area (Å²) in [7, 11) is 0. The Bertz CT molecular complexity index is 819. The largest absolute Gasteiger partial charge is 0.490 e. The maximum absolute atomic E-state index is 13.0. The van der Waals surface area contributed by atoms with E-state index in [1.807, 2.05) is 24.3 Å². The van der Waals surface area contributed by atoms with Crippen LogP contribution in [0.2, 0.25) is 0 Å². The number of rotatable bonds is 6. The van der Waals surface area contributed by atoms with Crippen LogP contribution in [0.5, 0.6) is 17.2 Å². The van der Waals surface area contributed by atoms with Crippen LogP contribution in [0.1, 0.15) is 17.3 Å². The number of para-hydroxylation sites is 2. The molecule has 7 nitrogen and oxygen atoms in total. The number of carboxylic acid groups (broad SMARTS) is 1. The fraction of sp³-hybridized carbons (Fsp3) is 0.263. The van der Waals surface area contributed by atoms with Crippen molar-refractivity contribution in [3.05, 3.63) is 48.0 Å². The minimum Gasteiger partial charge on any atom is -0.490 e. The average Bonchev–Trinajstić information content (AvgIpc) is 2.66. The minimum absolute atomic E-state index is 0.188. The molecule has 0 atom stereocenters. The van der Waals surface area contributed by atoms with E-state index < -0.39 is 12.6 Å². The molecule has 0 bridgehead atoms. The van der Waals surface area contributed by atoms with Gasteiger partial charge in [0.1, 0.15) is 12.4 Å². The zero-order chi connectivity index (χ0) is 18.5. The maximum atomic E-state index is 13.0. The second-order valence-corrected chi connectivity index (χ2v) is 5.55. The summed E-state index contributed by atoms with van der Waals surface area (Å²) in [6, 6.07) is 12.1. The van der Waals surface area contributed by atoms with Gasteiger partial charge in [-0.3, -0.25) is 4.79 Å². The highest BCUT2D eigenvalue weighted by atomic mass is 16.5. The predicted octanol–water partition coefficient (Wildman–Crippen LogP) is 2.59. The Labute approximate surface area is 150 Å². The van der Waals surface area contributed by atoms with Crippen LogP contribution >= 0.6 is 0 Å². The number of carbonyl (C=O) groups excluding carboxylic acids is 1. The minimum atomic E-state index is -1.09. The Morgan fingerprint density at radius 1 is 1.15 bits per heavy atom. The van der Waals surface area contributed by atoms with E-state index in [-0.39, 0.29) is 11.7 Å². The summed E-state index contributed by atoms with van der Waals surface area (Å²) < 4.78 is 16.3. The van der Waals surface area contributed by atoms with E-state index in [0.29, 0.717) is 42.5 Å². The Balaban J connectivity index is 1.88.